The molecule has 132 valence electrons. The number of aromatic nitrogens is 3. The average molecular weight is 372 g/mol. The third-order valence-corrected chi connectivity index (χ3v) is 3.96. The van der Waals surface area contributed by atoms with Crippen LogP contribution in [0.15, 0.2) is 30.6 Å². The highest BCUT2D eigenvalue weighted by Gasteiger charge is 2.25. The summed E-state index contributed by atoms with van der Waals surface area (Å²) in [5, 5.41) is 7.74. The lowest BCUT2D eigenvalue weighted by molar-refractivity contribution is 0.0708. The Morgan fingerprint density at radius 1 is 1.38 bits per heavy atom. The van der Waals surface area contributed by atoms with Gasteiger partial charge in [-0.25, -0.2) is 9.67 Å². The molecule has 2 aromatic rings. The molecule has 0 saturated carbocycles. The predicted molar refractivity (Wildman–Crippen MR) is 98.6 cm³/mol. The van der Waals surface area contributed by atoms with Crippen molar-refractivity contribution in [3.8, 4) is 5.82 Å². The molecular formula is C16H23Cl2N5O. The lowest BCUT2D eigenvalue weighted by atomic mass is 10.1. The first kappa shape index (κ1) is 20.4. The van der Waals surface area contributed by atoms with E-state index in [9.17, 15) is 4.79 Å². The molecule has 0 spiro atoms. The topological polar surface area (TPSA) is 63.1 Å². The van der Waals surface area contributed by atoms with Crippen LogP contribution in [0, 0.1) is 0 Å². The van der Waals surface area contributed by atoms with Gasteiger partial charge in [0.2, 0.25) is 0 Å². The van der Waals surface area contributed by atoms with Crippen LogP contribution in [-0.4, -0.2) is 51.2 Å². The maximum absolute atomic E-state index is 12.8. The number of nitrogens with one attached hydrogen (secondary N) is 1. The molecule has 3 rings (SSSR count). The third-order valence-electron chi connectivity index (χ3n) is 3.96. The second kappa shape index (κ2) is 9.01. The van der Waals surface area contributed by atoms with Gasteiger partial charge in [-0.2, -0.15) is 5.10 Å². The van der Waals surface area contributed by atoms with E-state index in [-0.39, 0.29) is 30.7 Å². The van der Waals surface area contributed by atoms with Gasteiger partial charge in [-0.05, 0) is 25.5 Å². The normalized spacial score (nSPS) is 16.9. The first-order valence-electron chi connectivity index (χ1n) is 7.71. The van der Waals surface area contributed by atoms with Crippen LogP contribution in [0.2, 0.25) is 0 Å². The van der Waals surface area contributed by atoms with E-state index in [1.807, 2.05) is 30.0 Å². The van der Waals surface area contributed by atoms with Crippen molar-refractivity contribution in [2.75, 3.05) is 19.6 Å². The Hall–Kier alpha value is -1.63. The number of pyridine rings is 1. The molecule has 8 heteroatoms. The molecule has 1 aliphatic rings. The summed E-state index contributed by atoms with van der Waals surface area (Å²) in [6.45, 7) is 6.44. The van der Waals surface area contributed by atoms with E-state index in [4.69, 9.17) is 0 Å². The molecular weight excluding hydrogens is 349 g/mol. The summed E-state index contributed by atoms with van der Waals surface area (Å²) in [7, 11) is 0. The Kier molecular flexibility index (Phi) is 7.66. The highest BCUT2D eigenvalue weighted by atomic mass is 35.5. The Labute approximate surface area is 154 Å². The number of carbonyl (C=O) groups is 1. The minimum atomic E-state index is 0. The smallest absolute Gasteiger partial charge is 0.257 e. The van der Waals surface area contributed by atoms with Crippen LogP contribution in [-0.2, 0) is 6.42 Å². The molecule has 0 aliphatic carbocycles. The molecule has 6 nitrogen and oxygen atoms in total. The van der Waals surface area contributed by atoms with Crippen molar-refractivity contribution in [3.63, 3.8) is 0 Å². The highest BCUT2D eigenvalue weighted by Crippen LogP contribution is 2.17. The summed E-state index contributed by atoms with van der Waals surface area (Å²) in [6.07, 6.45) is 4.14. The molecule has 1 aliphatic heterocycles. The molecule has 0 bridgehead atoms. The standard InChI is InChI=1S/C16H21N5O.2ClH/c1-3-14-13(16(22)20-9-8-17-12(2)11-20)10-19-21(14)15-6-4-5-7-18-15;;/h4-7,10,12,17H,3,8-9,11H2,1-2H3;2*1H. The number of piperazine rings is 1. The van der Waals surface area contributed by atoms with E-state index >= 15 is 0 Å². The Balaban J connectivity index is 0.00000144. The van der Waals surface area contributed by atoms with Gasteiger partial charge in [-0.15, -0.1) is 24.8 Å². The molecule has 1 N–H and O–H groups in total. The maximum Gasteiger partial charge on any atom is 0.257 e. The van der Waals surface area contributed by atoms with Crippen molar-refractivity contribution in [3.05, 3.63) is 41.9 Å². The van der Waals surface area contributed by atoms with Crippen molar-refractivity contribution < 1.29 is 4.79 Å². The van der Waals surface area contributed by atoms with Gasteiger partial charge in [0.15, 0.2) is 5.82 Å². The van der Waals surface area contributed by atoms with Crippen LogP contribution in [0.25, 0.3) is 5.82 Å². The molecule has 2 aromatic heterocycles. The number of amides is 1. The van der Waals surface area contributed by atoms with E-state index in [0.717, 1.165) is 37.6 Å². The molecule has 0 aromatic carbocycles. The Bertz CT molecular complexity index is 662. The summed E-state index contributed by atoms with van der Waals surface area (Å²) in [5.41, 5.74) is 1.59. The number of hydrogen-bond acceptors (Lipinski definition) is 4. The average Bonchev–Trinajstić information content (AvgIpc) is 2.98. The van der Waals surface area contributed by atoms with Crippen molar-refractivity contribution in [1.82, 2.24) is 25.0 Å². The van der Waals surface area contributed by atoms with Crippen molar-refractivity contribution in [2.45, 2.75) is 26.3 Å². The minimum absolute atomic E-state index is 0. The molecule has 1 unspecified atom stereocenters. The number of carbonyl (C=O) groups excluding carboxylic acids is 1. The van der Waals surface area contributed by atoms with Gasteiger partial charge in [0.05, 0.1) is 17.5 Å². The van der Waals surface area contributed by atoms with Crippen LogP contribution < -0.4 is 5.32 Å². The highest BCUT2D eigenvalue weighted by molar-refractivity contribution is 5.95. The molecule has 3 heterocycles. The second-order valence-electron chi connectivity index (χ2n) is 5.56. The van der Waals surface area contributed by atoms with Crippen molar-refractivity contribution >= 4 is 30.7 Å². The van der Waals surface area contributed by atoms with Crippen molar-refractivity contribution in [2.24, 2.45) is 0 Å². The second-order valence-corrected chi connectivity index (χ2v) is 5.56. The van der Waals surface area contributed by atoms with Crippen molar-refractivity contribution in [1.29, 1.82) is 0 Å². The largest absolute Gasteiger partial charge is 0.336 e. The summed E-state index contributed by atoms with van der Waals surface area (Å²) < 4.78 is 1.76. The Morgan fingerprint density at radius 3 is 2.79 bits per heavy atom. The fraction of sp³-hybridized carbons (Fsp3) is 0.438. The zero-order valence-electron chi connectivity index (χ0n) is 13.8. The summed E-state index contributed by atoms with van der Waals surface area (Å²) >= 11 is 0. The molecule has 1 saturated heterocycles. The van der Waals surface area contributed by atoms with E-state index < -0.39 is 0 Å². The molecule has 1 atom stereocenters. The minimum Gasteiger partial charge on any atom is -0.336 e. The number of halogens is 2. The van der Waals surface area contributed by atoms with Gasteiger partial charge in [-0.1, -0.05) is 13.0 Å². The van der Waals surface area contributed by atoms with E-state index in [0.29, 0.717) is 11.6 Å². The van der Waals surface area contributed by atoms with Gasteiger partial charge in [-0.3, -0.25) is 4.79 Å². The first-order chi connectivity index (χ1) is 10.7. The lowest BCUT2D eigenvalue weighted by Crippen LogP contribution is -2.51. The van der Waals surface area contributed by atoms with E-state index in [2.05, 4.69) is 22.3 Å². The van der Waals surface area contributed by atoms with Crippen LogP contribution in [0.3, 0.4) is 0 Å². The number of hydrogen-bond donors (Lipinski definition) is 1. The molecule has 1 fully saturated rings. The van der Waals surface area contributed by atoms with Gasteiger partial charge in [0, 0.05) is 31.9 Å². The van der Waals surface area contributed by atoms with Gasteiger partial charge >= 0.3 is 0 Å². The van der Waals surface area contributed by atoms with E-state index in [1.54, 1.807) is 17.1 Å². The lowest BCUT2D eigenvalue weighted by Gasteiger charge is -2.31. The maximum atomic E-state index is 12.8. The molecule has 24 heavy (non-hydrogen) atoms. The summed E-state index contributed by atoms with van der Waals surface area (Å²) in [5.74, 6) is 0.805. The number of nitrogens with zero attached hydrogens (tertiary/aromatic N) is 4. The summed E-state index contributed by atoms with van der Waals surface area (Å²) in [6, 6.07) is 6.01. The third kappa shape index (κ3) is 4.06. The van der Waals surface area contributed by atoms with Crippen LogP contribution in [0.1, 0.15) is 29.9 Å². The molecule has 0 radical (unpaired) electrons. The summed E-state index contributed by atoms with van der Waals surface area (Å²) in [4.78, 5) is 19.0. The van der Waals surface area contributed by atoms with Gasteiger partial charge < -0.3 is 10.2 Å². The Morgan fingerprint density at radius 2 is 2.17 bits per heavy atom. The van der Waals surface area contributed by atoms with Gasteiger partial charge in [0.25, 0.3) is 5.91 Å². The first-order valence-corrected chi connectivity index (χ1v) is 7.71. The fourth-order valence-electron chi connectivity index (χ4n) is 2.86. The zero-order chi connectivity index (χ0) is 15.5. The van der Waals surface area contributed by atoms with Crippen LogP contribution in [0.5, 0.6) is 0 Å². The van der Waals surface area contributed by atoms with Crippen LogP contribution in [0.4, 0.5) is 0 Å². The quantitative estimate of drug-likeness (QED) is 0.897. The van der Waals surface area contributed by atoms with E-state index in [1.165, 1.54) is 0 Å². The number of rotatable bonds is 3. The monoisotopic (exact) mass is 371 g/mol. The zero-order valence-corrected chi connectivity index (χ0v) is 15.4. The fourth-order valence-corrected chi connectivity index (χ4v) is 2.86. The SMILES string of the molecule is CCc1c(C(=O)N2CCNC(C)C2)cnn1-c1ccccn1.Cl.Cl. The van der Waals surface area contributed by atoms with Gasteiger partial charge in [0.1, 0.15) is 0 Å². The molecule has 1 amide bonds. The predicted octanol–water partition coefficient (Wildman–Crippen LogP) is 2.11. The van der Waals surface area contributed by atoms with Crippen LogP contribution >= 0.6 is 24.8 Å².